The number of piperidine rings is 1. The van der Waals surface area contributed by atoms with Crippen molar-refractivity contribution < 1.29 is 9.18 Å². The minimum Gasteiger partial charge on any atom is -0.359 e. The van der Waals surface area contributed by atoms with E-state index in [1.165, 1.54) is 6.07 Å². The highest BCUT2D eigenvalue weighted by molar-refractivity contribution is 5.78. The molecule has 1 heterocycles. The fraction of sp³-hybridized carbons (Fsp3) is 0.467. The molecule has 0 radical (unpaired) electrons. The van der Waals surface area contributed by atoms with Crippen molar-refractivity contribution in [3.05, 3.63) is 35.1 Å². The topological polar surface area (TPSA) is 56.1 Å². The van der Waals surface area contributed by atoms with E-state index in [1.807, 2.05) is 6.07 Å². The van der Waals surface area contributed by atoms with Gasteiger partial charge in [0.1, 0.15) is 11.9 Å². The third-order valence-electron chi connectivity index (χ3n) is 3.68. The quantitative estimate of drug-likeness (QED) is 0.912. The monoisotopic (exact) mass is 275 g/mol. The highest BCUT2D eigenvalue weighted by atomic mass is 19.1. The number of carbonyl (C=O) groups is 1. The number of hydrogen-bond donors (Lipinski definition) is 1. The summed E-state index contributed by atoms with van der Waals surface area (Å²) < 4.78 is 13.3. The number of nitriles is 1. The van der Waals surface area contributed by atoms with Gasteiger partial charge in [-0.2, -0.15) is 5.26 Å². The van der Waals surface area contributed by atoms with E-state index in [1.54, 1.807) is 19.2 Å². The third-order valence-corrected chi connectivity index (χ3v) is 3.68. The lowest BCUT2D eigenvalue weighted by Gasteiger charge is -2.31. The Hall–Kier alpha value is -1.93. The van der Waals surface area contributed by atoms with Gasteiger partial charge in [-0.15, -0.1) is 0 Å². The van der Waals surface area contributed by atoms with E-state index >= 15 is 0 Å². The highest BCUT2D eigenvalue weighted by Gasteiger charge is 2.24. The van der Waals surface area contributed by atoms with Gasteiger partial charge < -0.3 is 5.32 Å². The van der Waals surface area contributed by atoms with E-state index in [0.29, 0.717) is 13.1 Å². The van der Waals surface area contributed by atoms with Crippen molar-refractivity contribution in [1.29, 1.82) is 5.26 Å². The SMILES string of the molecule is CNC(=O)C1CCCN(Cc2ccc(F)c(C#N)c2)C1. The summed E-state index contributed by atoms with van der Waals surface area (Å²) in [6, 6.07) is 6.46. The van der Waals surface area contributed by atoms with Crippen LogP contribution in [0.2, 0.25) is 0 Å². The van der Waals surface area contributed by atoms with E-state index in [-0.39, 0.29) is 17.4 Å². The fourth-order valence-corrected chi connectivity index (χ4v) is 2.63. The Balaban J connectivity index is 2.03. The van der Waals surface area contributed by atoms with Crippen molar-refractivity contribution in [2.45, 2.75) is 19.4 Å². The van der Waals surface area contributed by atoms with Crippen LogP contribution in [0, 0.1) is 23.1 Å². The molecule has 20 heavy (non-hydrogen) atoms. The molecule has 1 fully saturated rings. The van der Waals surface area contributed by atoms with Gasteiger partial charge in [-0.3, -0.25) is 9.69 Å². The lowest BCUT2D eigenvalue weighted by molar-refractivity contribution is -0.126. The molecule has 1 aromatic rings. The number of halogens is 1. The van der Waals surface area contributed by atoms with E-state index in [2.05, 4.69) is 10.2 Å². The zero-order valence-electron chi connectivity index (χ0n) is 11.5. The number of nitrogens with one attached hydrogen (secondary N) is 1. The number of nitrogens with zero attached hydrogens (tertiary/aromatic N) is 2. The smallest absolute Gasteiger partial charge is 0.224 e. The first-order valence-electron chi connectivity index (χ1n) is 6.76. The van der Waals surface area contributed by atoms with Crippen molar-refractivity contribution in [2.75, 3.05) is 20.1 Å². The van der Waals surface area contributed by atoms with Crippen LogP contribution in [-0.4, -0.2) is 30.9 Å². The number of amides is 1. The largest absolute Gasteiger partial charge is 0.359 e. The molecule has 4 nitrogen and oxygen atoms in total. The normalized spacial score (nSPS) is 19.4. The van der Waals surface area contributed by atoms with Gasteiger partial charge in [-0.05, 0) is 37.1 Å². The molecule has 1 aliphatic heterocycles. The average molecular weight is 275 g/mol. The number of rotatable bonds is 3. The van der Waals surface area contributed by atoms with Crippen LogP contribution in [0.25, 0.3) is 0 Å². The van der Waals surface area contributed by atoms with E-state index in [9.17, 15) is 9.18 Å². The van der Waals surface area contributed by atoms with Crippen molar-refractivity contribution >= 4 is 5.91 Å². The molecular weight excluding hydrogens is 257 g/mol. The maximum atomic E-state index is 13.3. The summed E-state index contributed by atoms with van der Waals surface area (Å²) in [5, 5.41) is 11.5. The molecule has 1 aliphatic rings. The van der Waals surface area contributed by atoms with Crippen LogP contribution in [0.4, 0.5) is 4.39 Å². The zero-order chi connectivity index (χ0) is 14.5. The molecule has 0 bridgehead atoms. The molecule has 106 valence electrons. The molecule has 1 saturated heterocycles. The summed E-state index contributed by atoms with van der Waals surface area (Å²) >= 11 is 0. The summed E-state index contributed by atoms with van der Waals surface area (Å²) in [6.45, 7) is 2.27. The second kappa shape index (κ2) is 6.49. The van der Waals surface area contributed by atoms with Crippen LogP contribution in [0.5, 0.6) is 0 Å². The van der Waals surface area contributed by atoms with Crippen molar-refractivity contribution in [1.82, 2.24) is 10.2 Å². The van der Waals surface area contributed by atoms with Gasteiger partial charge in [-0.1, -0.05) is 6.07 Å². The predicted octanol–water partition coefficient (Wildman–Crippen LogP) is 1.66. The maximum Gasteiger partial charge on any atom is 0.224 e. The first kappa shape index (κ1) is 14.5. The van der Waals surface area contributed by atoms with Gasteiger partial charge in [0.05, 0.1) is 11.5 Å². The molecule has 0 saturated carbocycles. The van der Waals surface area contributed by atoms with E-state index in [4.69, 9.17) is 5.26 Å². The Bertz CT molecular complexity index is 538. The first-order chi connectivity index (χ1) is 9.63. The molecule has 1 aromatic carbocycles. The molecule has 1 atom stereocenters. The standard InChI is InChI=1S/C15H18FN3O/c1-18-15(20)12-3-2-6-19(10-12)9-11-4-5-14(16)13(7-11)8-17/h4-5,7,12H,2-3,6,9-10H2,1H3,(H,18,20). The maximum absolute atomic E-state index is 13.3. The lowest BCUT2D eigenvalue weighted by Crippen LogP contribution is -2.41. The summed E-state index contributed by atoms with van der Waals surface area (Å²) in [6.07, 6.45) is 1.88. The van der Waals surface area contributed by atoms with Crippen molar-refractivity contribution in [3.63, 3.8) is 0 Å². The molecule has 1 unspecified atom stereocenters. The first-order valence-corrected chi connectivity index (χ1v) is 6.76. The Morgan fingerprint density at radius 1 is 1.60 bits per heavy atom. The zero-order valence-corrected chi connectivity index (χ0v) is 11.5. The number of carbonyl (C=O) groups excluding carboxylic acids is 1. The lowest BCUT2D eigenvalue weighted by atomic mass is 9.96. The minimum absolute atomic E-state index is 0.0182. The molecule has 1 amide bonds. The molecule has 1 N–H and O–H groups in total. The van der Waals surface area contributed by atoms with Gasteiger partial charge >= 0.3 is 0 Å². The number of benzene rings is 1. The van der Waals surface area contributed by atoms with Gasteiger partial charge in [0.15, 0.2) is 0 Å². The Kier molecular flexibility index (Phi) is 4.70. The van der Waals surface area contributed by atoms with Gasteiger partial charge in [-0.25, -0.2) is 4.39 Å². The van der Waals surface area contributed by atoms with Gasteiger partial charge in [0.2, 0.25) is 5.91 Å². The van der Waals surface area contributed by atoms with Crippen LogP contribution in [-0.2, 0) is 11.3 Å². The van der Waals surface area contributed by atoms with Crippen molar-refractivity contribution in [3.8, 4) is 6.07 Å². The van der Waals surface area contributed by atoms with Crippen LogP contribution in [0.15, 0.2) is 18.2 Å². The molecule has 0 aromatic heterocycles. The van der Waals surface area contributed by atoms with Gasteiger partial charge in [0.25, 0.3) is 0 Å². The summed E-state index contributed by atoms with van der Waals surface area (Å²) in [4.78, 5) is 13.9. The molecule has 0 aliphatic carbocycles. The number of hydrogen-bond acceptors (Lipinski definition) is 3. The Morgan fingerprint density at radius 2 is 2.40 bits per heavy atom. The summed E-state index contributed by atoms with van der Waals surface area (Å²) in [5.74, 6) is -0.394. The number of likely N-dealkylation sites (tertiary alicyclic amines) is 1. The molecule has 2 rings (SSSR count). The van der Waals surface area contributed by atoms with Crippen LogP contribution >= 0.6 is 0 Å². The second-order valence-electron chi connectivity index (χ2n) is 5.11. The third kappa shape index (κ3) is 3.34. The summed E-state index contributed by atoms with van der Waals surface area (Å²) in [5.41, 5.74) is 0.975. The van der Waals surface area contributed by atoms with E-state index < -0.39 is 5.82 Å². The minimum atomic E-state index is -0.488. The predicted molar refractivity (Wildman–Crippen MR) is 73.2 cm³/mol. The average Bonchev–Trinajstić information content (AvgIpc) is 2.48. The summed E-state index contributed by atoms with van der Waals surface area (Å²) in [7, 11) is 1.65. The van der Waals surface area contributed by atoms with E-state index in [0.717, 1.165) is 24.9 Å². The molecular formula is C15H18FN3O. The van der Waals surface area contributed by atoms with Crippen LogP contribution < -0.4 is 5.32 Å². The second-order valence-corrected chi connectivity index (χ2v) is 5.11. The highest BCUT2D eigenvalue weighted by Crippen LogP contribution is 2.19. The van der Waals surface area contributed by atoms with Crippen LogP contribution in [0.1, 0.15) is 24.0 Å². The fourth-order valence-electron chi connectivity index (χ4n) is 2.63. The van der Waals surface area contributed by atoms with Gasteiger partial charge in [0, 0.05) is 20.1 Å². The van der Waals surface area contributed by atoms with Crippen molar-refractivity contribution in [2.24, 2.45) is 5.92 Å². The Labute approximate surface area is 118 Å². The Morgan fingerprint density at radius 3 is 3.10 bits per heavy atom. The van der Waals surface area contributed by atoms with Crippen LogP contribution in [0.3, 0.4) is 0 Å². The molecule has 0 spiro atoms. The molecule has 5 heteroatoms.